The number of rotatable bonds is 6. The van der Waals surface area contributed by atoms with Gasteiger partial charge in [-0.05, 0) is 44.2 Å². The van der Waals surface area contributed by atoms with Crippen molar-refractivity contribution >= 4 is 16.0 Å². The molecule has 0 radical (unpaired) electrons. The number of ether oxygens (including phenoxy) is 1. The van der Waals surface area contributed by atoms with Gasteiger partial charge < -0.3 is 4.74 Å². The Kier molecular flexibility index (Phi) is 5.81. The van der Waals surface area contributed by atoms with Crippen LogP contribution in [-0.2, 0) is 14.8 Å². The number of aryl methyl sites for hydroxylation is 1. The summed E-state index contributed by atoms with van der Waals surface area (Å²) in [6, 6.07) is 10.9. The van der Waals surface area contributed by atoms with Crippen molar-refractivity contribution in [1.29, 1.82) is 0 Å². The van der Waals surface area contributed by atoms with Gasteiger partial charge in [0.05, 0.1) is 17.2 Å². The van der Waals surface area contributed by atoms with E-state index in [1.807, 2.05) is 6.92 Å². The SMILES string of the molecule is CCOC(=O)c1cc(-c2nncn2-c2cccc(F)c2F)cn1S(=O)(=O)c1ccc(C)cc1. The minimum Gasteiger partial charge on any atom is -0.461 e. The van der Waals surface area contributed by atoms with Crippen LogP contribution in [0.25, 0.3) is 17.1 Å². The van der Waals surface area contributed by atoms with Crippen LogP contribution in [0.15, 0.2) is 66.0 Å². The summed E-state index contributed by atoms with van der Waals surface area (Å²) in [4.78, 5) is 12.5. The molecule has 0 saturated carbocycles. The van der Waals surface area contributed by atoms with Gasteiger partial charge in [-0.1, -0.05) is 23.8 Å². The van der Waals surface area contributed by atoms with E-state index in [0.29, 0.717) is 0 Å². The normalized spacial score (nSPS) is 11.5. The Bertz CT molecular complexity index is 1440. The minimum atomic E-state index is -4.19. The summed E-state index contributed by atoms with van der Waals surface area (Å²) in [7, 11) is -4.19. The van der Waals surface area contributed by atoms with Crippen molar-refractivity contribution in [2.24, 2.45) is 0 Å². The first-order valence-electron chi connectivity index (χ1n) is 9.80. The molecule has 0 N–H and O–H groups in total. The number of nitrogens with zero attached hydrogens (tertiary/aromatic N) is 4. The van der Waals surface area contributed by atoms with E-state index in [1.165, 1.54) is 36.5 Å². The Labute approximate surface area is 188 Å². The molecule has 0 saturated heterocycles. The molecular weight excluding hydrogens is 454 g/mol. The van der Waals surface area contributed by atoms with Crippen LogP contribution >= 0.6 is 0 Å². The molecule has 0 bridgehead atoms. The van der Waals surface area contributed by atoms with E-state index in [9.17, 15) is 22.0 Å². The van der Waals surface area contributed by atoms with Gasteiger partial charge in [0, 0.05) is 11.8 Å². The molecule has 2 heterocycles. The third kappa shape index (κ3) is 4.02. The monoisotopic (exact) mass is 472 g/mol. The summed E-state index contributed by atoms with van der Waals surface area (Å²) < 4.78 is 61.7. The van der Waals surface area contributed by atoms with Crippen LogP contribution < -0.4 is 0 Å². The van der Waals surface area contributed by atoms with E-state index in [4.69, 9.17) is 4.74 Å². The van der Waals surface area contributed by atoms with Gasteiger partial charge in [-0.25, -0.2) is 26.0 Å². The Morgan fingerprint density at radius 2 is 1.85 bits per heavy atom. The molecule has 0 fully saturated rings. The maximum atomic E-state index is 14.4. The topological polar surface area (TPSA) is 96.1 Å². The first kappa shape index (κ1) is 22.3. The second kappa shape index (κ2) is 8.58. The molecule has 33 heavy (non-hydrogen) atoms. The lowest BCUT2D eigenvalue weighted by molar-refractivity contribution is 0.0518. The van der Waals surface area contributed by atoms with Crippen LogP contribution in [0.1, 0.15) is 23.0 Å². The molecule has 4 aromatic rings. The molecule has 0 spiro atoms. The second-order valence-electron chi connectivity index (χ2n) is 7.05. The quantitative estimate of drug-likeness (QED) is 0.397. The van der Waals surface area contributed by atoms with Crippen molar-refractivity contribution in [3.05, 3.63) is 83.9 Å². The summed E-state index contributed by atoms with van der Waals surface area (Å²) in [6.45, 7) is 3.42. The number of esters is 1. The lowest BCUT2D eigenvalue weighted by Crippen LogP contribution is -2.19. The van der Waals surface area contributed by atoms with Gasteiger partial charge in [0.15, 0.2) is 17.5 Å². The fourth-order valence-corrected chi connectivity index (χ4v) is 4.58. The Morgan fingerprint density at radius 3 is 2.55 bits per heavy atom. The van der Waals surface area contributed by atoms with Gasteiger partial charge in [0.25, 0.3) is 10.0 Å². The third-order valence-electron chi connectivity index (χ3n) is 4.85. The standard InChI is InChI=1S/C22H18F2N4O4S/c1-3-32-22(29)19-11-15(12-28(19)33(30,31)16-9-7-14(2)8-10-16)21-26-25-13-27(21)18-6-4-5-17(23)20(18)24/h4-13H,3H2,1-2H3. The summed E-state index contributed by atoms with van der Waals surface area (Å²) in [5.74, 6) is -3.07. The van der Waals surface area contributed by atoms with Crippen LogP contribution in [0.4, 0.5) is 8.78 Å². The molecule has 2 aromatic heterocycles. The highest BCUT2D eigenvalue weighted by Gasteiger charge is 2.27. The summed E-state index contributed by atoms with van der Waals surface area (Å²) in [5.41, 5.74) is 0.538. The van der Waals surface area contributed by atoms with Gasteiger partial charge in [-0.2, -0.15) is 0 Å². The highest BCUT2D eigenvalue weighted by atomic mass is 32.2. The highest BCUT2D eigenvalue weighted by molar-refractivity contribution is 7.90. The van der Waals surface area contributed by atoms with Gasteiger partial charge >= 0.3 is 5.97 Å². The Balaban J connectivity index is 1.90. The number of benzene rings is 2. The van der Waals surface area contributed by atoms with Crippen molar-refractivity contribution in [2.45, 2.75) is 18.7 Å². The molecule has 11 heteroatoms. The van der Waals surface area contributed by atoms with E-state index in [0.717, 1.165) is 26.5 Å². The molecule has 0 aliphatic carbocycles. The smallest absolute Gasteiger partial charge is 0.356 e. The van der Waals surface area contributed by atoms with Crippen molar-refractivity contribution in [1.82, 2.24) is 18.7 Å². The second-order valence-corrected chi connectivity index (χ2v) is 8.86. The van der Waals surface area contributed by atoms with E-state index >= 15 is 0 Å². The molecule has 0 unspecified atom stereocenters. The molecule has 0 atom stereocenters. The first-order chi connectivity index (χ1) is 15.7. The molecule has 0 amide bonds. The van der Waals surface area contributed by atoms with E-state index in [2.05, 4.69) is 10.2 Å². The van der Waals surface area contributed by atoms with E-state index in [1.54, 1.807) is 19.1 Å². The van der Waals surface area contributed by atoms with Gasteiger partial charge in [0.2, 0.25) is 0 Å². The lowest BCUT2D eigenvalue weighted by Gasteiger charge is -2.10. The van der Waals surface area contributed by atoms with Crippen LogP contribution in [0.5, 0.6) is 0 Å². The van der Waals surface area contributed by atoms with Crippen LogP contribution in [0.3, 0.4) is 0 Å². The highest BCUT2D eigenvalue weighted by Crippen LogP contribution is 2.28. The van der Waals surface area contributed by atoms with E-state index < -0.39 is 27.6 Å². The Hall–Kier alpha value is -3.86. The maximum absolute atomic E-state index is 14.4. The predicted octanol–water partition coefficient (Wildman–Crippen LogP) is 3.74. The zero-order valence-electron chi connectivity index (χ0n) is 17.6. The lowest BCUT2D eigenvalue weighted by atomic mass is 10.2. The fourth-order valence-electron chi connectivity index (χ4n) is 3.23. The third-order valence-corrected chi connectivity index (χ3v) is 6.53. The van der Waals surface area contributed by atoms with Crippen molar-refractivity contribution in [3.63, 3.8) is 0 Å². The maximum Gasteiger partial charge on any atom is 0.356 e. The fraction of sp³-hybridized carbons (Fsp3) is 0.136. The molecule has 170 valence electrons. The van der Waals surface area contributed by atoms with Crippen molar-refractivity contribution < 1.29 is 26.7 Å². The van der Waals surface area contributed by atoms with Crippen molar-refractivity contribution in [2.75, 3.05) is 6.61 Å². The molecular formula is C22H18F2N4O4S. The van der Waals surface area contributed by atoms with Crippen LogP contribution in [0, 0.1) is 18.6 Å². The molecule has 2 aromatic carbocycles. The average Bonchev–Trinajstić information content (AvgIpc) is 3.44. The predicted molar refractivity (Wildman–Crippen MR) is 114 cm³/mol. The van der Waals surface area contributed by atoms with Crippen LogP contribution in [0.2, 0.25) is 0 Å². The molecule has 0 aliphatic heterocycles. The zero-order chi connectivity index (χ0) is 23.8. The molecule has 0 aliphatic rings. The zero-order valence-corrected chi connectivity index (χ0v) is 18.4. The number of hydrogen-bond donors (Lipinski definition) is 0. The number of carbonyl (C=O) groups excluding carboxylic acids is 1. The number of halogens is 2. The minimum absolute atomic E-state index is 0.00269. The van der Waals surface area contributed by atoms with Crippen molar-refractivity contribution in [3.8, 4) is 17.1 Å². The van der Waals surface area contributed by atoms with E-state index in [-0.39, 0.29) is 34.3 Å². The number of hydrogen-bond acceptors (Lipinski definition) is 6. The first-order valence-corrected chi connectivity index (χ1v) is 11.2. The summed E-state index contributed by atoms with van der Waals surface area (Å²) in [5, 5.41) is 7.67. The summed E-state index contributed by atoms with van der Waals surface area (Å²) in [6.07, 6.45) is 2.32. The van der Waals surface area contributed by atoms with Crippen LogP contribution in [-0.4, -0.2) is 39.7 Å². The Morgan fingerprint density at radius 1 is 1.12 bits per heavy atom. The average molecular weight is 472 g/mol. The van der Waals surface area contributed by atoms with Gasteiger partial charge in [-0.3, -0.25) is 4.57 Å². The molecule has 4 rings (SSSR count). The summed E-state index contributed by atoms with van der Waals surface area (Å²) >= 11 is 0. The molecule has 8 nitrogen and oxygen atoms in total. The number of carbonyl (C=O) groups is 1. The van der Waals surface area contributed by atoms with Gasteiger partial charge in [0.1, 0.15) is 12.0 Å². The van der Waals surface area contributed by atoms with Gasteiger partial charge in [-0.15, -0.1) is 10.2 Å². The largest absolute Gasteiger partial charge is 0.461 e. The number of aromatic nitrogens is 4.